The highest BCUT2D eigenvalue weighted by Crippen LogP contribution is 2.35. The number of cyclic esters (lactones) is 1. The topological polar surface area (TPSA) is 92.8 Å². The summed E-state index contributed by atoms with van der Waals surface area (Å²) in [7, 11) is 7.90. The van der Waals surface area contributed by atoms with Crippen molar-refractivity contribution in [3.8, 4) is 23.0 Å². The SMILES string of the molecule is COCCN(C)C(=O)Oc1ccc(CC2C(=O)OCC2Cc2ccc(OC)c(OC)c2)cc1OC. The highest BCUT2D eigenvalue weighted by molar-refractivity contribution is 5.75. The van der Waals surface area contributed by atoms with Crippen LogP contribution in [0.2, 0.25) is 0 Å². The molecule has 0 radical (unpaired) electrons. The fraction of sp³-hybridized carbons (Fsp3) is 0.462. The molecular weight excluding hydrogens is 454 g/mol. The number of methoxy groups -OCH3 is 4. The second-order valence-corrected chi connectivity index (χ2v) is 8.36. The average molecular weight is 488 g/mol. The van der Waals surface area contributed by atoms with Crippen LogP contribution in [0.3, 0.4) is 0 Å². The van der Waals surface area contributed by atoms with E-state index >= 15 is 0 Å². The summed E-state index contributed by atoms with van der Waals surface area (Å²) in [4.78, 5) is 26.3. The van der Waals surface area contributed by atoms with Gasteiger partial charge in [0.2, 0.25) is 0 Å². The molecule has 1 aliphatic rings. The molecule has 1 heterocycles. The maximum atomic E-state index is 12.5. The van der Waals surface area contributed by atoms with Crippen LogP contribution in [0.1, 0.15) is 11.1 Å². The van der Waals surface area contributed by atoms with Crippen molar-refractivity contribution >= 4 is 12.1 Å². The maximum absolute atomic E-state index is 12.5. The van der Waals surface area contributed by atoms with E-state index in [1.54, 1.807) is 40.5 Å². The number of likely N-dealkylation sites (N-methyl/N-ethyl adjacent to an activating group) is 1. The number of ether oxygens (including phenoxy) is 6. The second kappa shape index (κ2) is 12.3. The number of amides is 1. The van der Waals surface area contributed by atoms with Crippen LogP contribution in [-0.4, -0.2) is 72.2 Å². The van der Waals surface area contributed by atoms with Crippen molar-refractivity contribution in [1.82, 2.24) is 4.90 Å². The molecule has 1 saturated heterocycles. The monoisotopic (exact) mass is 487 g/mol. The van der Waals surface area contributed by atoms with E-state index in [-0.39, 0.29) is 17.8 Å². The third-order valence-corrected chi connectivity index (χ3v) is 6.08. The van der Waals surface area contributed by atoms with Gasteiger partial charge in [-0.15, -0.1) is 0 Å². The van der Waals surface area contributed by atoms with Gasteiger partial charge < -0.3 is 33.3 Å². The van der Waals surface area contributed by atoms with Gasteiger partial charge in [-0.25, -0.2) is 4.79 Å². The molecular formula is C26H33NO8. The fourth-order valence-electron chi connectivity index (χ4n) is 4.04. The highest BCUT2D eigenvalue weighted by atomic mass is 16.6. The van der Waals surface area contributed by atoms with Gasteiger partial charge in [0, 0.05) is 26.6 Å². The maximum Gasteiger partial charge on any atom is 0.415 e. The van der Waals surface area contributed by atoms with Gasteiger partial charge >= 0.3 is 12.1 Å². The van der Waals surface area contributed by atoms with Crippen molar-refractivity contribution in [3.05, 3.63) is 47.5 Å². The van der Waals surface area contributed by atoms with Crippen LogP contribution in [0.4, 0.5) is 4.79 Å². The van der Waals surface area contributed by atoms with Crippen LogP contribution in [0.5, 0.6) is 23.0 Å². The summed E-state index contributed by atoms with van der Waals surface area (Å²) >= 11 is 0. The zero-order valence-electron chi connectivity index (χ0n) is 20.9. The summed E-state index contributed by atoms with van der Waals surface area (Å²) in [5, 5.41) is 0. The second-order valence-electron chi connectivity index (χ2n) is 8.36. The summed E-state index contributed by atoms with van der Waals surface area (Å²) in [5.74, 6) is 1.52. The Morgan fingerprint density at radius 3 is 2.14 bits per heavy atom. The van der Waals surface area contributed by atoms with Crippen molar-refractivity contribution in [2.45, 2.75) is 12.8 Å². The Morgan fingerprint density at radius 2 is 1.51 bits per heavy atom. The normalized spacial score (nSPS) is 17.0. The molecule has 2 unspecified atom stereocenters. The molecule has 0 saturated carbocycles. The largest absolute Gasteiger partial charge is 0.493 e. The lowest BCUT2D eigenvalue weighted by atomic mass is 9.85. The smallest absolute Gasteiger partial charge is 0.415 e. The number of benzene rings is 2. The number of carbonyl (C=O) groups excluding carboxylic acids is 2. The van der Waals surface area contributed by atoms with Crippen LogP contribution >= 0.6 is 0 Å². The van der Waals surface area contributed by atoms with Crippen molar-refractivity contribution < 1.29 is 38.0 Å². The van der Waals surface area contributed by atoms with E-state index in [9.17, 15) is 9.59 Å². The molecule has 190 valence electrons. The van der Waals surface area contributed by atoms with E-state index in [1.807, 2.05) is 24.3 Å². The van der Waals surface area contributed by atoms with Gasteiger partial charge in [0.05, 0.1) is 40.5 Å². The summed E-state index contributed by atoms with van der Waals surface area (Å²) in [5.41, 5.74) is 1.92. The lowest BCUT2D eigenvalue weighted by Gasteiger charge is -2.19. The lowest BCUT2D eigenvalue weighted by molar-refractivity contribution is -0.141. The fourth-order valence-corrected chi connectivity index (χ4v) is 4.04. The van der Waals surface area contributed by atoms with Crippen LogP contribution < -0.4 is 18.9 Å². The molecule has 0 N–H and O–H groups in total. The zero-order chi connectivity index (χ0) is 25.4. The van der Waals surface area contributed by atoms with Crippen LogP contribution in [0, 0.1) is 11.8 Å². The van der Waals surface area contributed by atoms with Crippen LogP contribution in [0.15, 0.2) is 36.4 Å². The van der Waals surface area contributed by atoms with Crippen LogP contribution in [-0.2, 0) is 27.1 Å². The van der Waals surface area contributed by atoms with Gasteiger partial charge in [-0.2, -0.15) is 0 Å². The highest BCUT2D eigenvalue weighted by Gasteiger charge is 2.37. The first-order valence-electron chi connectivity index (χ1n) is 11.4. The molecule has 0 aromatic heterocycles. The van der Waals surface area contributed by atoms with E-state index < -0.39 is 6.09 Å². The molecule has 0 bridgehead atoms. The molecule has 1 fully saturated rings. The summed E-state index contributed by atoms with van der Waals surface area (Å²) in [6.07, 6.45) is 0.634. The molecule has 3 rings (SSSR count). The predicted molar refractivity (Wildman–Crippen MR) is 128 cm³/mol. The van der Waals surface area contributed by atoms with Gasteiger partial charge in [-0.3, -0.25) is 4.79 Å². The number of hydrogen-bond acceptors (Lipinski definition) is 8. The van der Waals surface area contributed by atoms with Gasteiger partial charge in [0.25, 0.3) is 0 Å². The van der Waals surface area contributed by atoms with Crippen molar-refractivity contribution in [2.24, 2.45) is 11.8 Å². The molecule has 2 aromatic carbocycles. The van der Waals surface area contributed by atoms with Gasteiger partial charge in [0.15, 0.2) is 23.0 Å². The molecule has 1 amide bonds. The summed E-state index contributed by atoms with van der Waals surface area (Å²) < 4.78 is 32.0. The van der Waals surface area contributed by atoms with E-state index in [4.69, 9.17) is 28.4 Å². The Morgan fingerprint density at radius 1 is 0.914 bits per heavy atom. The molecule has 2 atom stereocenters. The van der Waals surface area contributed by atoms with E-state index in [2.05, 4.69) is 0 Å². The minimum atomic E-state index is -0.512. The first kappa shape index (κ1) is 26.2. The third kappa shape index (κ3) is 6.57. The van der Waals surface area contributed by atoms with E-state index in [1.165, 1.54) is 12.0 Å². The molecule has 35 heavy (non-hydrogen) atoms. The number of rotatable bonds is 11. The molecule has 1 aliphatic heterocycles. The Kier molecular flexibility index (Phi) is 9.19. The van der Waals surface area contributed by atoms with E-state index in [0.717, 1.165) is 11.1 Å². The summed E-state index contributed by atoms with van der Waals surface area (Å²) in [6, 6.07) is 11.1. The van der Waals surface area contributed by atoms with Gasteiger partial charge in [-0.1, -0.05) is 12.1 Å². The van der Waals surface area contributed by atoms with Gasteiger partial charge in [-0.05, 0) is 48.2 Å². The Hall–Kier alpha value is -3.46. The molecule has 9 heteroatoms. The lowest BCUT2D eigenvalue weighted by Crippen LogP contribution is -2.32. The summed E-state index contributed by atoms with van der Waals surface area (Å²) in [6.45, 7) is 1.17. The number of carbonyl (C=O) groups is 2. The molecule has 0 aliphatic carbocycles. The first-order chi connectivity index (χ1) is 16.9. The average Bonchev–Trinajstić information content (AvgIpc) is 3.21. The minimum absolute atomic E-state index is 0.0125. The number of hydrogen-bond donors (Lipinski definition) is 0. The van der Waals surface area contributed by atoms with Gasteiger partial charge in [0.1, 0.15) is 0 Å². The predicted octanol–water partition coefficient (Wildman–Crippen LogP) is 3.36. The quantitative estimate of drug-likeness (QED) is 0.446. The Bertz CT molecular complexity index is 1020. The molecule has 2 aromatic rings. The zero-order valence-corrected chi connectivity index (χ0v) is 20.9. The number of nitrogens with zero attached hydrogens (tertiary/aromatic N) is 1. The first-order valence-corrected chi connectivity index (χ1v) is 11.4. The standard InChI is InChI=1S/C26H33NO8/c1-27(10-11-30-2)26(29)35-22-9-7-18(15-24(22)33-5)13-20-19(16-34-25(20)28)12-17-6-8-21(31-3)23(14-17)32-4/h6-9,14-15,19-20H,10-13,16H2,1-5H3. The van der Waals surface area contributed by atoms with E-state index in [0.29, 0.717) is 55.6 Å². The van der Waals surface area contributed by atoms with Crippen LogP contribution in [0.25, 0.3) is 0 Å². The molecule has 0 spiro atoms. The van der Waals surface area contributed by atoms with Crippen molar-refractivity contribution in [3.63, 3.8) is 0 Å². The third-order valence-electron chi connectivity index (χ3n) is 6.08. The van der Waals surface area contributed by atoms with Crippen molar-refractivity contribution in [1.29, 1.82) is 0 Å². The van der Waals surface area contributed by atoms with Crippen molar-refractivity contribution in [2.75, 3.05) is 55.2 Å². The Labute approximate surface area is 205 Å². The minimum Gasteiger partial charge on any atom is -0.493 e. The Balaban J connectivity index is 1.70. The molecule has 9 nitrogen and oxygen atoms in total. The number of esters is 1.